The number of fused-ring (bicyclic) bond motifs is 5. The minimum absolute atomic E-state index is 0.00670. The lowest BCUT2D eigenvalue weighted by Gasteiger charge is -2.42. The second-order valence-electron chi connectivity index (χ2n) is 11.9. The number of nitrogens with one attached hydrogen (secondary N) is 3. The molecule has 13 heteroatoms. The predicted molar refractivity (Wildman–Crippen MR) is 162 cm³/mol. The van der Waals surface area contributed by atoms with E-state index in [1.54, 1.807) is 45.2 Å². The highest BCUT2D eigenvalue weighted by Gasteiger charge is 2.64. The van der Waals surface area contributed by atoms with Crippen LogP contribution in [0.4, 0.5) is 10.5 Å². The molecule has 44 heavy (non-hydrogen) atoms. The third-order valence-corrected chi connectivity index (χ3v) is 8.95. The summed E-state index contributed by atoms with van der Waals surface area (Å²) in [5.41, 5.74) is -0.757. The summed E-state index contributed by atoms with van der Waals surface area (Å²) in [5.74, 6) is -1.09. The van der Waals surface area contributed by atoms with E-state index in [1.807, 2.05) is 19.9 Å². The SMILES string of the molecule is CNC(C)C(=O)OC1CC(=O)Nc2cc(cc(OC)c2Cl)CC(C)=CC=CC(OC)C2(O)CC(OC(=O)N2)C(C)C2OC12C. The quantitative estimate of drug-likeness (QED) is 0.280. The van der Waals surface area contributed by atoms with E-state index in [9.17, 15) is 19.5 Å². The van der Waals surface area contributed by atoms with Crippen molar-refractivity contribution >= 4 is 35.3 Å². The number of methoxy groups -OCH3 is 2. The minimum Gasteiger partial charge on any atom is -0.495 e. The second-order valence-corrected chi connectivity index (χ2v) is 12.2. The van der Waals surface area contributed by atoms with Crippen molar-refractivity contribution in [1.82, 2.24) is 10.6 Å². The minimum atomic E-state index is -1.78. The van der Waals surface area contributed by atoms with E-state index in [-0.39, 0.29) is 17.9 Å². The van der Waals surface area contributed by atoms with Gasteiger partial charge in [-0.1, -0.05) is 42.3 Å². The highest BCUT2D eigenvalue weighted by molar-refractivity contribution is 6.35. The second kappa shape index (κ2) is 13.5. The molecule has 1 aromatic carbocycles. The molecule has 1 aromatic rings. The maximum absolute atomic E-state index is 13.5. The van der Waals surface area contributed by atoms with Gasteiger partial charge in [0.2, 0.25) is 5.91 Å². The number of halogens is 1. The first-order valence-corrected chi connectivity index (χ1v) is 14.9. The van der Waals surface area contributed by atoms with Gasteiger partial charge < -0.3 is 39.4 Å². The van der Waals surface area contributed by atoms with E-state index in [1.165, 1.54) is 14.2 Å². The average molecular weight is 636 g/mol. The molecule has 8 unspecified atom stereocenters. The van der Waals surface area contributed by atoms with E-state index in [4.69, 9.17) is 35.3 Å². The maximum atomic E-state index is 13.5. The molecule has 3 heterocycles. The Morgan fingerprint density at radius 3 is 2.66 bits per heavy atom. The number of anilines is 1. The van der Waals surface area contributed by atoms with Crippen LogP contribution < -0.4 is 20.7 Å². The molecule has 4 bridgehead atoms. The van der Waals surface area contributed by atoms with Gasteiger partial charge in [-0.05, 0) is 51.9 Å². The van der Waals surface area contributed by atoms with Gasteiger partial charge in [0.25, 0.3) is 0 Å². The van der Waals surface area contributed by atoms with Crippen molar-refractivity contribution in [3.05, 3.63) is 46.5 Å². The average Bonchev–Trinajstić information content (AvgIpc) is 3.66. The largest absolute Gasteiger partial charge is 0.495 e. The van der Waals surface area contributed by atoms with Crippen molar-refractivity contribution in [3.63, 3.8) is 0 Å². The van der Waals surface area contributed by atoms with Crippen LogP contribution in [-0.2, 0) is 35.0 Å². The Bertz CT molecular complexity index is 1340. The van der Waals surface area contributed by atoms with Gasteiger partial charge in [0.15, 0.2) is 5.72 Å². The highest BCUT2D eigenvalue weighted by atomic mass is 35.5. The Morgan fingerprint density at radius 1 is 1.27 bits per heavy atom. The molecule has 8 atom stereocenters. The fourth-order valence-corrected chi connectivity index (χ4v) is 6.00. The number of amides is 2. The zero-order valence-corrected chi connectivity index (χ0v) is 26.8. The van der Waals surface area contributed by atoms with Crippen molar-refractivity contribution in [3.8, 4) is 5.75 Å². The Kier molecular flexibility index (Phi) is 10.3. The number of hydrogen-bond acceptors (Lipinski definition) is 10. The number of carbonyl (C=O) groups excluding carboxylic acids is 3. The Hall–Kier alpha value is -3.16. The number of benzene rings is 1. The van der Waals surface area contributed by atoms with Gasteiger partial charge in [-0.2, -0.15) is 0 Å². The van der Waals surface area contributed by atoms with Gasteiger partial charge in [0.05, 0.1) is 25.3 Å². The standard InChI is InChI=1S/C31H42ClN3O9/c1-16-9-8-10-23(41-7)31(39)15-22(42-29(38)35-31)17(2)27-30(4,44-27)24(43-28(37)18(3)33-5)14-25(36)34-20-12-19(11-16)13-21(40-6)26(20)32/h8-10,12-13,17-18,22-24,27,33,39H,11,14-15H2,1-7H3,(H,34,36)(H,35,38). The van der Waals surface area contributed by atoms with Gasteiger partial charge in [0.1, 0.15) is 40.7 Å². The molecular formula is C31H42ClN3O9. The monoisotopic (exact) mass is 635 g/mol. The molecular weight excluding hydrogens is 594 g/mol. The molecule has 0 saturated carbocycles. The molecule has 3 aliphatic rings. The number of rotatable bonds is 5. The molecule has 0 spiro atoms. The van der Waals surface area contributed by atoms with Gasteiger partial charge in [-0.15, -0.1) is 0 Å². The number of alkyl carbamates (subject to hydrolysis) is 1. The van der Waals surface area contributed by atoms with Gasteiger partial charge in [0, 0.05) is 19.4 Å². The zero-order chi connectivity index (χ0) is 32.4. The number of esters is 1. The van der Waals surface area contributed by atoms with Crippen LogP contribution >= 0.6 is 11.6 Å². The zero-order valence-electron chi connectivity index (χ0n) is 26.1. The third kappa shape index (κ3) is 7.21. The molecule has 2 amide bonds. The van der Waals surface area contributed by atoms with E-state index < -0.39 is 65.7 Å². The number of likely N-dealkylation sites (N-methyl/N-ethyl adjacent to an activating group) is 1. The molecule has 2 fully saturated rings. The molecule has 2 saturated heterocycles. The topological polar surface area (TPSA) is 157 Å². The fraction of sp³-hybridized carbons (Fsp3) is 0.581. The van der Waals surface area contributed by atoms with Crippen LogP contribution in [0.1, 0.15) is 46.1 Å². The summed E-state index contributed by atoms with van der Waals surface area (Å²) in [7, 11) is 4.55. The first kappa shape index (κ1) is 33.7. The maximum Gasteiger partial charge on any atom is 0.409 e. The Morgan fingerprint density at radius 2 is 2.00 bits per heavy atom. The lowest BCUT2D eigenvalue weighted by molar-refractivity contribution is -0.155. The number of aliphatic hydroxyl groups is 1. The first-order valence-electron chi connectivity index (χ1n) is 14.5. The summed E-state index contributed by atoms with van der Waals surface area (Å²) >= 11 is 6.58. The molecule has 4 N–H and O–H groups in total. The van der Waals surface area contributed by atoms with Crippen LogP contribution in [-0.4, -0.2) is 86.1 Å². The van der Waals surface area contributed by atoms with E-state index in [0.29, 0.717) is 17.9 Å². The number of allylic oxidation sites excluding steroid dienone is 3. The lowest BCUT2D eigenvalue weighted by atomic mass is 9.83. The van der Waals surface area contributed by atoms with Crippen molar-refractivity contribution < 1.29 is 43.2 Å². The van der Waals surface area contributed by atoms with Crippen LogP contribution in [0.3, 0.4) is 0 Å². The van der Waals surface area contributed by atoms with Crippen molar-refractivity contribution in [2.75, 3.05) is 26.6 Å². The van der Waals surface area contributed by atoms with Gasteiger partial charge >= 0.3 is 12.1 Å². The van der Waals surface area contributed by atoms with Crippen LogP contribution in [0.5, 0.6) is 5.75 Å². The molecule has 12 nitrogen and oxygen atoms in total. The summed E-state index contributed by atoms with van der Waals surface area (Å²) in [4.78, 5) is 39.0. The van der Waals surface area contributed by atoms with Crippen molar-refractivity contribution in [2.45, 2.75) is 88.7 Å². The molecule has 0 aromatic heterocycles. The smallest absolute Gasteiger partial charge is 0.409 e. The van der Waals surface area contributed by atoms with E-state index in [0.717, 1.165) is 11.1 Å². The Labute approximate surface area is 262 Å². The molecule has 4 rings (SSSR count). The highest BCUT2D eigenvalue weighted by Crippen LogP contribution is 2.49. The number of ether oxygens (including phenoxy) is 5. The van der Waals surface area contributed by atoms with Crippen LogP contribution in [0.2, 0.25) is 5.02 Å². The third-order valence-electron chi connectivity index (χ3n) is 8.56. The van der Waals surface area contributed by atoms with Crippen LogP contribution in [0.25, 0.3) is 0 Å². The molecule has 0 radical (unpaired) electrons. The molecule has 0 aliphatic carbocycles. The van der Waals surface area contributed by atoms with Gasteiger partial charge in [-0.25, -0.2) is 4.79 Å². The fourth-order valence-electron chi connectivity index (χ4n) is 5.77. The lowest BCUT2D eigenvalue weighted by Crippen LogP contribution is -2.63. The van der Waals surface area contributed by atoms with E-state index in [2.05, 4.69) is 16.0 Å². The summed E-state index contributed by atoms with van der Waals surface area (Å²) in [6.07, 6.45) is 1.45. The van der Waals surface area contributed by atoms with Crippen LogP contribution in [0.15, 0.2) is 35.9 Å². The number of hydrogen-bond donors (Lipinski definition) is 4. The van der Waals surface area contributed by atoms with Crippen molar-refractivity contribution in [2.24, 2.45) is 5.92 Å². The van der Waals surface area contributed by atoms with Gasteiger partial charge in [-0.3, -0.25) is 14.9 Å². The summed E-state index contributed by atoms with van der Waals surface area (Å²) in [5, 5.41) is 20.0. The summed E-state index contributed by atoms with van der Waals surface area (Å²) in [6, 6.07) is 2.91. The van der Waals surface area contributed by atoms with Crippen LogP contribution in [0, 0.1) is 5.92 Å². The molecule has 3 aliphatic heterocycles. The molecule has 242 valence electrons. The number of carbonyl (C=O) groups is 3. The number of epoxide rings is 1. The predicted octanol–water partition coefficient (Wildman–Crippen LogP) is 3.25. The summed E-state index contributed by atoms with van der Waals surface area (Å²) < 4.78 is 28.6. The van der Waals surface area contributed by atoms with Crippen molar-refractivity contribution in [1.29, 1.82) is 0 Å². The summed E-state index contributed by atoms with van der Waals surface area (Å²) in [6.45, 7) is 7.13. The first-order chi connectivity index (χ1) is 20.7. The van der Waals surface area contributed by atoms with E-state index >= 15 is 0 Å². The Balaban J connectivity index is 1.76. The normalized spacial score (nSPS) is 33.1.